The first-order chi connectivity index (χ1) is 4.81. The average Bonchev–Trinajstić information content (AvgIpc) is 1.98. The third-order valence-corrected chi connectivity index (χ3v) is 1.26. The van der Waals surface area contributed by atoms with E-state index in [1.54, 1.807) is 7.05 Å². The van der Waals surface area contributed by atoms with Gasteiger partial charge in [0.15, 0.2) is 0 Å². The van der Waals surface area contributed by atoms with E-state index in [0.29, 0.717) is 0 Å². The first kappa shape index (κ1) is 9.43. The number of rotatable bonds is 4. The van der Waals surface area contributed by atoms with Gasteiger partial charge < -0.3 is 5.43 Å². The van der Waals surface area contributed by atoms with Gasteiger partial charge in [-0.2, -0.15) is 0 Å². The fraction of sp³-hybridized carbons (Fsp3) is 0.857. The fourth-order valence-electron chi connectivity index (χ4n) is 0.511. The van der Waals surface area contributed by atoms with Gasteiger partial charge in [-0.3, -0.25) is 4.99 Å². The molecule has 0 spiro atoms. The SMILES string of the molecule is CCCCNNC(C)=NC. The summed E-state index contributed by atoms with van der Waals surface area (Å²) in [5.74, 6) is 0.927. The number of hydrazine groups is 1. The van der Waals surface area contributed by atoms with Crippen molar-refractivity contribution in [2.24, 2.45) is 4.99 Å². The number of unbranched alkanes of at least 4 members (excludes halogenated alkanes) is 1. The maximum absolute atomic E-state index is 3.93. The van der Waals surface area contributed by atoms with Gasteiger partial charge in [0.05, 0.1) is 0 Å². The second-order valence-corrected chi connectivity index (χ2v) is 2.21. The number of hydrogen-bond donors (Lipinski definition) is 2. The molecule has 0 bridgehead atoms. The molecule has 0 aliphatic rings. The van der Waals surface area contributed by atoms with Crippen molar-refractivity contribution in [2.75, 3.05) is 13.6 Å². The lowest BCUT2D eigenvalue weighted by Crippen LogP contribution is -2.36. The molecule has 0 atom stereocenters. The van der Waals surface area contributed by atoms with Crippen LogP contribution in [0.25, 0.3) is 0 Å². The Morgan fingerprint density at radius 1 is 1.50 bits per heavy atom. The standard InChI is InChI=1S/C7H17N3/c1-4-5-6-9-10-7(2)8-3/h9H,4-6H2,1-3H3,(H,8,10). The van der Waals surface area contributed by atoms with Gasteiger partial charge in [-0.05, 0) is 13.3 Å². The molecular formula is C7H17N3. The molecule has 0 aromatic carbocycles. The predicted octanol–water partition coefficient (Wildman–Crippen LogP) is 0.929. The number of amidine groups is 1. The van der Waals surface area contributed by atoms with Crippen molar-refractivity contribution in [1.29, 1.82) is 0 Å². The van der Waals surface area contributed by atoms with Crippen molar-refractivity contribution in [2.45, 2.75) is 26.7 Å². The zero-order chi connectivity index (χ0) is 7.82. The number of nitrogens with zero attached hydrogens (tertiary/aromatic N) is 1. The molecule has 0 saturated heterocycles. The van der Waals surface area contributed by atoms with Crippen LogP contribution in [0, 0.1) is 0 Å². The molecule has 0 heterocycles. The van der Waals surface area contributed by atoms with E-state index in [4.69, 9.17) is 0 Å². The smallest absolute Gasteiger partial charge is 0.107 e. The van der Waals surface area contributed by atoms with Gasteiger partial charge in [-0.1, -0.05) is 13.3 Å². The van der Waals surface area contributed by atoms with Crippen LogP contribution in [0.4, 0.5) is 0 Å². The third-order valence-electron chi connectivity index (χ3n) is 1.26. The molecule has 2 N–H and O–H groups in total. The topological polar surface area (TPSA) is 36.4 Å². The molecule has 3 heteroatoms. The molecule has 0 radical (unpaired) electrons. The van der Waals surface area contributed by atoms with Gasteiger partial charge in [0.2, 0.25) is 0 Å². The molecule has 0 amide bonds. The molecule has 10 heavy (non-hydrogen) atoms. The fourth-order valence-corrected chi connectivity index (χ4v) is 0.511. The van der Waals surface area contributed by atoms with E-state index in [1.165, 1.54) is 12.8 Å². The zero-order valence-corrected chi connectivity index (χ0v) is 7.07. The van der Waals surface area contributed by atoms with Crippen molar-refractivity contribution in [3.8, 4) is 0 Å². The van der Waals surface area contributed by atoms with Crippen molar-refractivity contribution >= 4 is 5.84 Å². The van der Waals surface area contributed by atoms with E-state index in [9.17, 15) is 0 Å². The van der Waals surface area contributed by atoms with Crippen molar-refractivity contribution in [3.05, 3.63) is 0 Å². The molecule has 60 valence electrons. The highest BCUT2D eigenvalue weighted by molar-refractivity contribution is 5.78. The van der Waals surface area contributed by atoms with Crippen LogP contribution in [0.5, 0.6) is 0 Å². The molecule has 0 aliphatic carbocycles. The van der Waals surface area contributed by atoms with E-state index < -0.39 is 0 Å². The molecule has 0 saturated carbocycles. The van der Waals surface area contributed by atoms with Gasteiger partial charge in [0.1, 0.15) is 5.84 Å². The zero-order valence-electron chi connectivity index (χ0n) is 7.07. The first-order valence-electron chi connectivity index (χ1n) is 3.73. The minimum Gasteiger partial charge on any atom is -0.310 e. The van der Waals surface area contributed by atoms with Gasteiger partial charge >= 0.3 is 0 Å². The van der Waals surface area contributed by atoms with Crippen LogP contribution in [-0.2, 0) is 0 Å². The van der Waals surface area contributed by atoms with Gasteiger partial charge in [0.25, 0.3) is 0 Å². The first-order valence-corrected chi connectivity index (χ1v) is 3.73. The Labute approximate surface area is 62.9 Å². The molecule has 0 fully saturated rings. The van der Waals surface area contributed by atoms with Gasteiger partial charge in [0, 0.05) is 13.6 Å². The van der Waals surface area contributed by atoms with Crippen LogP contribution in [0.15, 0.2) is 4.99 Å². The Kier molecular flexibility index (Phi) is 6.18. The molecule has 0 rings (SSSR count). The number of nitrogens with one attached hydrogen (secondary N) is 2. The van der Waals surface area contributed by atoms with Crippen LogP contribution in [-0.4, -0.2) is 19.4 Å². The highest BCUT2D eigenvalue weighted by atomic mass is 15.4. The summed E-state index contributed by atoms with van der Waals surface area (Å²) in [4.78, 5) is 3.93. The second-order valence-electron chi connectivity index (χ2n) is 2.21. The Morgan fingerprint density at radius 2 is 2.20 bits per heavy atom. The van der Waals surface area contributed by atoms with Crippen LogP contribution >= 0.6 is 0 Å². The minimum atomic E-state index is 0.927. The van der Waals surface area contributed by atoms with E-state index in [-0.39, 0.29) is 0 Å². The lowest BCUT2D eigenvalue weighted by atomic mass is 10.3. The monoisotopic (exact) mass is 143 g/mol. The summed E-state index contributed by atoms with van der Waals surface area (Å²) in [6, 6.07) is 0. The van der Waals surface area contributed by atoms with Crippen LogP contribution in [0.3, 0.4) is 0 Å². The number of hydrogen-bond acceptors (Lipinski definition) is 2. The second kappa shape index (κ2) is 6.55. The summed E-state index contributed by atoms with van der Waals surface area (Å²) in [6.07, 6.45) is 2.42. The number of aliphatic imine (C=N–C) groups is 1. The quantitative estimate of drug-likeness (QED) is 0.266. The van der Waals surface area contributed by atoms with Crippen LogP contribution in [0.2, 0.25) is 0 Å². The highest BCUT2D eigenvalue weighted by Gasteiger charge is 1.84. The molecule has 0 unspecified atom stereocenters. The lowest BCUT2D eigenvalue weighted by Gasteiger charge is -2.05. The van der Waals surface area contributed by atoms with Gasteiger partial charge in [-0.25, -0.2) is 5.43 Å². The van der Waals surface area contributed by atoms with Crippen molar-refractivity contribution in [1.82, 2.24) is 10.9 Å². The summed E-state index contributed by atoms with van der Waals surface area (Å²) < 4.78 is 0. The largest absolute Gasteiger partial charge is 0.310 e. The van der Waals surface area contributed by atoms with E-state index >= 15 is 0 Å². The van der Waals surface area contributed by atoms with Crippen LogP contribution < -0.4 is 10.9 Å². The van der Waals surface area contributed by atoms with E-state index in [2.05, 4.69) is 22.8 Å². The summed E-state index contributed by atoms with van der Waals surface area (Å²) in [5.41, 5.74) is 6.02. The molecular weight excluding hydrogens is 126 g/mol. The Morgan fingerprint density at radius 3 is 2.70 bits per heavy atom. The summed E-state index contributed by atoms with van der Waals surface area (Å²) in [5, 5.41) is 0. The Balaban J connectivity index is 3.04. The Bertz CT molecular complexity index is 99.0. The van der Waals surface area contributed by atoms with E-state index in [0.717, 1.165) is 12.4 Å². The van der Waals surface area contributed by atoms with E-state index in [1.807, 2.05) is 6.92 Å². The summed E-state index contributed by atoms with van der Waals surface area (Å²) in [7, 11) is 1.77. The molecule has 0 aliphatic heterocycles. The van der Waals surface area contributed by atoms with Crippen molar-refractivity contribution < 1.29 is 0 Å². The minimum absolute atomic E-state index is 0.927. The van der Waals surface area contributed by atoms with Crippen molar-refractivity contribution in [3.63, 3.8) is 0 Å². The highest BCUT2D eigenvalue weighted by Crippen LogP contribution is 1.80. The molecule has 0 aromatic heterocycles. The van der Waals surface area contributed by atoms with Gasteiger partial charge in [-0.15, -0.1) is 0 Å². The summed E-state index contributed by atoms with van der Waals surface area (Å²) in [6.45, 7) is 5.10. The maximum Gasteiger partial charge on any atom is 0.107 e. The van der Waals surface area contributed by atoms with Crippen LogP contribution in [0.1, 0.15) is 26.7 Å². The predicted molar refractivity (Wildman–Crippen MR) is 45.1 cm³/mol. The normalized spacial score (nSPS) is 11.7. The molecule has 0 aromatic rings. The third kappa shape index (κ3) is 5.56. The molecule has 3 nitrogen and oxygen atoms in total. The Hall–Kier alpha value is -0.570. The summed E-state index contributed by atoms with van der Waals surface area (Å²) >= 11 is 0. The maximum atomic E-state index is 3.93. The average molecular weight is 143 g/mol. The lowest BCUT2D eigenvalue weighted by molar-refractivity contribution is 0.611.